The van der Waals surface area contributed by atoms with E-state index in [1.54, 1.807) is 0 Å². The van der Waals surface area contributed by atoms with E-state index in [0.717, 1.165) is 103 Å². The molecular formula is C69H128N2O7P+. The maximum atomic E-state index is 13.6. The lowest BCUT2D eigenvalue weighted by Gasteiger charge is -2.27. The second-order valence-corrected chi connectivity index (χ2v) is 25.1. The van der Waals surface area contributed by atoms with Crippen molar-refractivity contribution in [2.24, 2.45) is 0 Å². The molecule has 0 aliphatic carbocycles. The number of hydrogen-bond donors (Lipinski definition) is 2. The Hall–Kier alpha value is -2.55. The molecule has 0 aliphatic rings. The molecule has 0 saturated carbocycles. The highest BCUT2D eigenvalue weighted by Gasteiger charge is 2.30. The highest BCUT2D eigenvalue weighted by atomic mass is 31.2. The van der Waals surface area contributed by atoms with E-state index >= 15 is 0 Å². The number of nitrogens with one attached hydrogen (secondary N) is 1. The highest BCUT2D eigenvalue weighted by Crippen LogP contribution is 2.43. The van der Waals surface area contributed by atoms with E-state index in [2.05, 4.69) is 86.8 Å². The number of rotatable bonds is 60. The van der Waals surface area contributed by atoms with Gasteiger partial charge in [-0.05, 0) is 76.7 Å². The fourth-order valence-electron chi connectivity index (χ4n) is 9.56. The molecule has 10 heteroatoms. The van der Waals surface area contributed by atoms with Crippen molar-refractivity contribution in [1.29, 1.82) is 0 Å². The average Bonchev–Trinajstić information content (AvgIpc) is 3.41. The third-order valence-corrected chi connectivity index (χ3v) is 15.6. The smallest absolute Gasteiger partial charge is 0.456 e. The topological polar surface area (TPSA) is 111 Å². The van der Waals surface area contributed by atoms with Crippen LogP contribution in [0.15, 0.2) is 72.9 Å². The van der Waals surface area contributed by atoms with Crippen molar-refractivity contribution in [2.75, 3.05) is 40.9 Å². The van der Waals surface area contributed by atoms with Gasteiger partial charge in [-0.2, -0.15) is 0 Å². The summed E-state index contributed by atoms with van der Waals surface area (Å²) in [6, 6.07) is -0.856. The van der Waals surface area contributed by atoms with Crippen molar-refractivity contribution in [1.82, 2.24) is 5.32 Å². The molecule has 0 aliphatic heterocycles. The van der Waals surface area contributed by atoms with Crippen LogP contribution in [0.25, 0.3) is 0 Å². The number of allylic oxidation sites excluding steroid dienone is 11. The molecule has 0 rings (SSSR count). The predicted octanol–water partition coefficient (Wildman–Crippen LogP) is 20.8. The van der Waals surface area contributed by atoms with E-state index in [1.807, 2.05) is 33.3 Å². The number of ether oxygens (including phenoxy) is 1. The average molecular weight is 1130 g/mol. The Labute approximate surface area is 489 Å². The van der Waals surface area contributed by atoms with Crippen molar-refractivity contribution < 1.29 is 37.3 Å². The quantitative estimate of drug-likeness (QED) is 0.0205. The molecule has 3 unspecified atom stereocenters. The number of carbonyl (C=O) groups is 2. The minimum absolute atomic E-state index is 0.0369. The first kappa shape index (κ1) is 76.5. The van der Waals surface area contributed by atoms with Crippen LogP contribution in [0.5, 0.6) is 0 Å². The fourth-order valence-corrected chi connectivity index (χ4v) is 10.3. The Morgan fingerprint density at radius 2 is 0.810 bits per heavy atom. The molecular weight excluding hydrogens is 1000 g/mol. The molecule has 1 amide bonds. The minimum atomic E-state index is -4.46. The first-order valence-corrected chi connectivity index (χ1v) is 34.8. The summed E-state index contributed by atoms with van der Waals surface area (Å²) in [7, 11) is 1.49. The molecule has 79 heavy (non-hydrogen) atoms. The second kappa shape index (κ2) is 58.6. The molecule has 0 heterocycles. The Morgan fingerprint density at radius 1 is 0.456 bits per heavy atom. The monoisotopic (exact) mass is 1130 g/mol. The second-order valence-electron chi connectivity index (χ2n) is 23.6. The van der Waals surface area contributed by atoms with Gasteiger partial charge < -0.3 is 19.4 Å². The zero-order valence-electron chi connectivity index (χ0n) is 52.6. The van der Waals surface area contributed by atoms with E-state index < -0.39 is 20.0 Å². The van der Waals surface area contributed by atoms with Crippen LogP contribution in [-0.2, 0) is 27.9 Å². The standard InChI is InChI=1S/C69H127N2O7P/c1-7-10-13-16-19-22-25-28-30-32-33-34-35-36-37-39-40-43-46-49-52-55-58-61-68(72)70-66(65-77-79(74,75)76-64-63-71(4,5)6)67(60-57-54-51-48-45-42-27-24-21-18-15-12-9-3)78-69(73)62-59-56-53-50-47-44-41-38-31-29-26-23-20-17-14-11-8-2/h10,13,19,22,28,30,33-34,36-37,57,60,66-67H,7-9,11-12,14-18,20-21,23-27,29,31-32,35,38-56,58-59,61-65H2,1-6H3,(H-,70,72,74,75)/p+1/b13-10-,22-19-,30-28-,34-33-,37-36-,60-57-. The van der Waals surface area contributed by atoms with Crippen LogP contribution in [0.2, 0.25) is 0 Å². The molecule has 0 spiro atoms. The number of phosphoric ester groups is 1. The van der Waals surface area contributed by atoms with Crippen molar-refractivity contribution in [3.63, 3.8) is 0 Å². The fraction of sp³-hybridized carbons (Fsp3) is 0.797. The van der Waals surface area contributed by atoms with E-state index in [-0.39, 0.29) is 25.1 Å². The summed E-state index contributed by atoms with van der Waals surface area (Å²) in [4.78, 5) is 37.8. The van der Waals surface area contributed by atoms with Gasteiger partial charge in [0.15, 0.2) is 0 Å². The van der Waals surface area contributed by atoms with Gasteiger partial charge in [0.2, 0.25) is 5.91 Å². The number of unbranched alkanes of at least 4 members (excludes halogenated alkanes) is 34. The summed E-state index contributed by atoms with van der Waals surface area (Å²) in [5, 5.41) is 3.06. The lowest BCUT2D eigenvalue weighted by molar-refractivity contribution is -0.870. The maximum Gasteiger partial charge on any atom is 0.472 e. The van der Waals surface area contributed by atoms with Gasteiger partial charge in [-0.25, -0.2) is 4.57 Å². The SMILES string of the molecule is CC/C=C\C/C=C\C/C=C\C/C=C\C/C=C\CCCCCCCCCC(=O)NC(COP(=O)(O)OCC[N+](C)(C)C)C(/C=C\CCCCCCCCCCCCC)OC(=O)CCCCCCCCCCCCCCCCCCC. The van der Waals surface area contributed by atoms with Crippen molar-refractivity contribution in [3.8, 4) is 0 Å². The zero-order valence-corrected chi connectivity index (χ0v) is 53.5. The van der Waals surface area contributed by atoms with Crippen LogP contribution in [-0.4, -0.2) is 74.3 Å². The van der Waals surface area contributed by atoms with Gasteiger partial charge in [0.25, 0.3) is 0 Å². The van der Waals surface area contributed by atoms with Crippen molar-refractivity contribution >= 4 is 19.7 Å². The first-order valence-electron chi connectivity index (χ1n) is 33.3. The summed E-state index contributed by atoms with van der Waals surface area (Å²) >= 11 is 0. The van der Waals surface area contributed by atoms with Gasteiger partial charge in [0, 0.05) is 12.8 Å². The number of esters is 1. The van der Waals surface area contributed by atoms with Gasteiger partial charge >= 0.3 is 13.8 Å². The van der Waals surface area contributed by atoms with E-state index in [0.29, 0.717) is 23.9 Å². The predicted molar refractivity (Wildman–Crippen MR) is 341 cm³/mol. The number of carbonyl (C=O) groups excluding carboxylic acids is 2. The number of amides is 1. The first-order chi connectivity index (χ1) is 38.4. The summed E-state index contributed by atoms with van der Waals surface area (Å²) < 4.78 is 30.8. The molecule has 0 aromatic carbocycles. The number of quaternary nitrogens is 1. The van der Waals surface area contributed by atoms with Gasteiger partial charge in [0.1, 0.15) is 19.3 Å². The Bertz CT molecular complexity index is 1580. The summed E-state index contributed by atoms with van der Waals surface area (Å²) in [6.07, 6.45) is 76.1. The number of phosphoric acid groups is 1. The van der Waals surface area contributed by atoms with Gasteiger partial charge in [0.05, 0.1) is 33.8 Å². The van der Waals surface area contributed by atoms with Crippen LogP contribution in [0.4, 0.5) is 0 Å². The van der Waals surface area contributed by atoms with Crippen LogP contribution in [0, 0.1) is 0 Å². The van der Waals surface area contributed by atoms with Crippen LogP contribution >= 0.6 is 7.82 Å². The lowest BCUT2D eigenvalue weighted by atomic mass is 10.0. The Kier molecular flexibility index (Phi) is 56.7. The molecule has 0 radical (unpaired) electrons. The van der Waals surface area contributed by atoms with Gasteiger partial charge in [-0.15, -0.1) is 0 Å². The van der Waals surface area contributed by atoms with Crippen LogP contribution in [0.1, 0.15) is 303 Å². The lowest BCUT2D eigenvalue weighted by Crippen LogP contribution is -2.47. The van der Waals surface area contributed by atoms with Gasteiger partial charge in [-0.3, -0.25) is 18.6 Å². The summed E-state index contributed by atoms with van der Waals surface area (Å²) in [5.41, 5.74) is 0. The van der Waals surface area contributed by atoms with Crippen LogP contribution < -0.4 is 5.32 Å². The van der Waals surface area contributed by atoms with Crippen molar-refractivity contribution in [3.05, 3.63) is 72.9 Å². The third-order valence-electron chi connectivity index (χ3n) is 14.7. The minimum Gasteiger partial charge on any atom is -0.456 e. The molecule has 0 aromatic heterocycles. The van der Waals surface area contributed by atoms with E-state index in [4.69, 9.17) is 13.8 Å². The van der Waals surface area contributed by atoms with E-state index in [9.17, 15) is 19.0 Å². The van der Waals surface area contributed by atoms with Crippen molar-refractivity contribution in [2.45, 2.75) is 315 Å². The summed E-state index contributed by atoms with van der Waals surface area (Å²) in [5.74, 6) is -0.508. The Morgan fingerprint density at radius 3 is 1.22 bits per heavy atom. The molecule has 9 nitrogen and oxygen atoms in total. The van der Waals surface area contributed by atoms with Gasteiger partial charge in [-0.1, -0.05) is 287 Å². The van der Waals surface area contributed by atoms with E-state index in [1.165, 1.54) is 167 Å². The number of nitrogens with zero attached hydrogens (tertiary/aromatic N) is 1. The highest BCUT2D eigenvalue weighted by molar-refractivity contribution is 7.47. The molecule has 3 atom stereocenters. The van der Waals surface area contributed by atoms with Crippen LogP contribution in [0.3, 0.4) is 0 Å². The molecule has 0 fully saturated rings. The summed E-state index contributed by atoms with van der Waals surface area (Å²) in [6.45, 7) is 6.92. The zero-order chi connectivity index (χ0) is 57.9. The normalized spacial score (nSPS) is 14.1. The molecule has 0 bridgehead atoms. The molecule has 2 N–H and O–H groups in total. The Balaban J connectivity index is 5.21. The molecule has 0 saturated heterocycles. The molecule has 0 aromatic rings. The molecule has 460 valence electrons. The number of hydrogen-bond acceptors (Lipinski definition) is 6. The largest absolute Gasteiger partial charge is 0.472 e. The maximum absolute atomic E-state index is 13.6. The third kappa shape index (κ3) is 59.9. The number of likely N-dealkylation sites (N-methyl/N-ethyl adjacent to an activating group) is 1.